The monoisotopic (exact) mass is 256 g/mol. The lowest BCUT2D eigenvalue weighted by atomic mass is 10.3. The number of furan rings is 1. The van der Waals surface area contributed by atoms with Crippen molar-refractivity contribution in [1.29, 1.82) is 0 Å². The molecule has 1 rings (SSSR count). The van der Waals surface area contributed by atoms with Crippen LogP contribution in [-0.4, -0.2) is 48.8 Å². The number of ether oxygens (including phenoxy) is 1. The highest BCUT2D eigenvalue weighted by Gasteiger charge is 2.21. The Morgan fingerprint density at radius 1 is 1.61 bits per heavy atom. The Hall–Kier alpha value is -2.02. The quantitative estimate of drug-likeness (QED) is 0.774. The van der Waals surface area contributed by atoms with Crippen LogP contribution in [0.4, 0.5) is 4.79 Å². The summed E-state index contributed by atoms with van der Waals surface area (Å²) in [6.07, 6.45) is 1.51. The summed E-state index contributed by atoms with van der Waals surface area (Å²) in [6, 6.07) is 1.87. The van der Waals surface area contributed by atoms with E-state index in [0.29, 0.717) is 5.76 Å². The first-order valence-corrected chi connectivity index (χ1v) is 5.30. The molecule has 1 aromatic heterocycles. The van der Waals surface area contributed by atoms with Crippen LogP contribution in [0.25, 0.3) is 0 Å². The minimum atomic E-state index is -1.14. The Labute approximate surface area is 104 Å². The van der Waals surface area contributed by atoms with Crippen LogP contribution in [0.2, 0.25) is 0 Å². The number of methoxy groups -OCH3 is 1. The maximum absolute atomic E-state index is 11.7. The normalized spacial score (nSPS) is 11.9. The molecule has 18 heavy (non-hydrogen) atoms. The minimum absolute atomic E-state index is 0.0876. The molecule has 0 spiro atoms. The number of hydrogen-bond donors (Lipinski definition) is 2. The molecular formula is C11H16N2O5. The average Bonchev–Trinajstić information content (AvgIpc) is 2.80. The van der Waals surface area contributed by atoms with Crippen molar-refractivity contribution < 1.29 is 23.8 Å². The number of nitrogens with one attached hydrogen (secondary N) is 1. The second-order valence-electron chi connectivity index (χ2n) is 3.73. The van der Waals surface area contributed by atoms with E-state index in [4.69, 9.17) is 14.3 Å². The van der Waals surface area contributed by atoms with Gasteiger partial charge in [0.2, 0.25) is 0 Å². The van der Waals surface area contributed by atoms with Gasteiger partial charge in [0, 0.05) is 14.2 Å². The van der Waals surface area contributed by atoms with E-state index < -0.39 is 18.0 Å². The fourth-order valence-corrected chi connectivity index (χ4v) is 1.31. The van der Waals surface area contributed by atoms with E-state index in [1.54, 1.807) is 19.2 Å². The fraction of sp³-hybridized carbons (Fsp3) is 0.455. The summed E-state index contributed by atoms with van der Waals surface area (Å²) in [4.78, 5) is 23.9. The molecule has 0 radical (unpaired) electrons. The Morgan fingerprint density at radius 3 is 2.83 bits per heavy atom. The van der Waals surface area contributed by atoms with Crippen LogP contribution in [-0.2, 0) is 16.1 Å². The second-order valence-corrected chi connectivity index (χ2v) is 3.73. The van der Waals surface area contributed by atoms with Gasteiger partial charge in [0.25, 0.3) is 0 Å². The van der Waals surface area contributed by atoms with Crippen molar-refractivity contribution in [2.45, 2.75) is 12.6 Å². The number of amides is 2. The molecular weight excluding hydrogens is 240 g/mol. The van der Waals surface area contributed by atoms with Crippen molar-refractivity contribution in [2.24, 2.45) is 0 Å². The molecule has 0 aliphatic heterocycles. The first kappa shape index (κ1) is 14.0. The summed E-state index contributed by atoms with van der Waals surface area (Å²) in [5.74, 6) is -0.525. The number of carboxylic acids is 1. The Balaban J connectivity index is 2.50. The third-order valence-electron chi connectivity index (χ3n) is 2.25. The lowest BCUT2D eigenvalue weighted by Crippen LogP contribution is -2.48. The average molecular weight is 256 g/mol. The maximum Gasteiger partial charge on any atom is 0.328 e. The number of aliphatic carboxylic acids is 1. The number of hydrogen-bond acceptors (Lipinski definition) is 4. The number of rotatable bonds is 6. The van der Waals surface area contributed by atoms with Gasteiger partial charge in [-0.2, -0.15) is 0 Å². The van der Waals surface area contributed by atoms with Crippen molar-refractivity contribution >= 4 is 12.0 Å². The third kappa shape index (κ3) is 4.10. The molecule has 0 aromatic carbocycles. The topological polar surface area (TPSA) is 92.0 Å². The Morgan fingerprint density at radius 2 is 2.33 bits per heavy atom. The Kier molecular flexibility index (Phi) is 5.19. The van der Waals surface area contributed by atoms with E-state index in [2.05, 4.69) is 5.32 Å². The number of urea groups is 1. The zero-order valence-corrected chi connectivity index (χ0v) is 10.3. The second kappa shape index (κ2) is 6.65. The van der Waals surface area contributed by atoms with Crippen LogP contribution in [0.1, 0.15) is 5.76 Å². The molecule has 0 aliphatic rings. The molecule has 0 saturated carbocycles. The van der Waals surface area contributed by atoms with E-state index in [9.17, 15) is 9.59 Å². The first-order valence-electron chi connectivity index (χ1n) is 5.30. The van der Waals surface area contributed by atoms with E-state index in [0.717, 1.165) is 0 Å². The van der Waals surface area contributed by atoms with Crippen molar-refractivity contribution in [1.82, 2.24) is 10.2 Å². The van der Waals surface area contributed by atoms with E-state index in [1.165, 1.54) is 18.3 Å². The lowest BCUT2D eigenvalue weighted by molar-refractivity contribution is -0.140. The molecule has 1 heterocycles. The molecule has 2 amide bonds. The number of carbonyl (C=O) groups is 2. The molecule has 7 nitrogen and oxygen atoms in total. The SMILES string of the molecule is COCC(NC(=O)N(C)Cc1ccco1)C(=O)O. The van der Waals surface area contributed by atoms with Gasteiger partial charge in [0.15, 0.2) is 6.04 Å². The lowest BCUT2D eigenvalue weighted by Gasteiger charge is -2.20. The van der Waals surface area contributed by atoms with Gasteiger partial charge < -0.3 is 24.5 Å². The van der Waals surface area contributed by atoms with Crippen LogP contribution in [0.15, 0.2) is 22.8 Å². The molecule has 0 aliphatic carbocycles. The molecule has 100 valence electrons. The van der Waals surface area contributed by atoms with Crippen molar-refractivity contribution in [2.75, 3.05) is 20.8 Å². The van der Waals surface area contributed by atoms with Crippen molar-refractivity contribution in [3.8, 4) is 0 Å². The standard InChI is InChI=1S/C11H16N2O5/c1-13(6-8-4-3-5-18-8)11(16)12-9(7-17-2)10(14)15/h3-5,9H,6-7H2,1-2H3,(H,12,16)(H,14,15). The van der Waals surface area contributed by atoms with E-state index in [1.807, 2.05) is 0 Å². The third-order valence-corrected chi connectivity index (χ3v) is 2.25. The van der Waals surface area contributed by atoms with Gasteiger partial charge in [-0.15, -0.1) is 0 Å². The molecule has 1 atom stereocenters. The van der Waals surface area contributed by atoms with Gasteiger partial charge in [-0.1, -0.05) is 0 Å². The van der Waals surface area contributed by atoms with Gasteiger partial charge in [0.1, 0.15) is 5.76 Å². The van der Waals surface area contributed by atoms with Gasteiger partial charge in [-0.05, 0) is 12.1 Å². The highest BCUT2D eigenvalue weighted by Crippen LogP contribution is 2.03. The van der Waals surface area contributed by atoms with Gasteiger partial charge >= 0.3 is 12.0 Å². The van der Waals surface area contributed by atoms with E-state index >= 15 is 0 Å². The van der Waals surface area contributed by atoms with Crippen LogP contribution < -0.4 is 5.32 Å². The number of carboxylic acid groups (broad SMARTS) is 1. The van der Waals surface area contributed by atoms with E-state index in [-0.39, 0.29) is 13.2 Å². The van der Waals surface area contributed by atoms with Crippen LogP contribution in [0.5, 0.6) is 0 Å². The van der Waals surface area contributed by atoms with Gasteiger partial charge in [-0.25, -0.2) is 9.59 Å². The predicted molar refractivity (Wildman–Crippen MR) is 62.0 cm³/mol. The zero-order valence-electron chi connectivity index (χ0n) is 10.3. The molecule has 7 heteroatoms. The van der Waals surface area contributed by atoms with Crippen LogP contribution >= 0.6 is 0 Å². The first-order chi connectivity index (χ1) is 8.54. The minimum Gasteiger partial charge on any atom is -0.480 e. The number of nitrogens with zero attached hydrogens (tertiary/aromatic N) is 1. The largest absolute Gasteiger partial charge is 0.480 e. The summed E-state index contributed by atoms with van der Waals surface area (Å²) in [5, 5.41) is 11.2. The molecule has 1 unspecified atom stereocenters. The smallest absolute Gasteiger partial charge is 0.328 e. The highest BCUT2D eigenvalue weighted by molar-refractivity contribution is 5.82. The number of carbonyl (C=O) groups excluding carboxylic acids is 1. The molecule has 0 fully saturated rings. The predicted octanol–water partition coefficient (Wildman–Crippen LogP) is 0.521. The summed E-state index contributed by atoms with van der Waals surface area (Å²) in [7, 11) is 2.91. The van der Waals surface area contributed by atoms with Crippen LogP contribution in [0, 0.1) is 0 Å². The summed E-state index contributed by atoms with van der Waals surface area (Å²) >= 11 is 0. The zero-order chi connectivity index (χ0) is 13.5. The Bertz CT molecular complexity index is 390. The molecule has 1 aromatic rings. The summed E-state index contributed by atoms with van der Waals surface area (Å²) in [5.41, 5.74) is 0. The summed E-state index contributed by atoms with van der Waals surface area (Å²) < 4.78 is 9.81. The summed E-state index contributed by atoms with van der Waals surface area (Å²) in [6.45, 7) is 0.174. The molecule has 0 bridgehead atoms. The van der Waals surface area contributed by atoms with Gasteiger partial charge in [0.05, 0.1) is 19.4 Å². The maximum atomic E-state index is 11.7. The van der Waals surface area contributed by atoms with Crippen LogP contribution in [0.3, 0.4) is 0 Å². The van der Waals surface area contributed by atoms with Gasteiger partial charge in [-0.3, -0.25) is 0 Å². The molecule has 2 N–H and O–H groups in total. The fourth-order valence-electron chi connectivity index (χ4n) is 1.31. The van der Waals surface area contributed by atoms with Crippen molar-refractivity contribution in [3.05, 3.63) is 24.2 Å². The highest BCUT2D eigenvalue weighted by atomic mass is 16.5. The van der Waals surface area contributed by atoms with Crippen molar-refractivity contribution in [3.63, 3.8) is 0 Å². The molecule has 0 saturated heterocycles.